The van der Waals surface area contributed by atoms with E-state index in [1.807, 2.05) is 0 Å². The lowest BCUT2D eigenvalue weighted by Crippen LogP contribution is -2.54. The molecular weight excluding hydrogens is 531 g/mol. The summed E-state index contributed by atoms with van der Waals surface area (Å²) in [5, 5.41) is 3.44. The van der Waals surface area contributed by atoms with Gasteiger partial charge in [-0.15, -0.1) is 0 Å². The summed E-state index contributed by atoms with van der Waals surface area (Å²) in [7, 11) is -3.54. The highest BCUT2D eigenvalue weighted by Gasteiger charge is 2.45. The topological polar surface area (TPSA) is 98.6 Å². The maximum Gasteiger partial charge on any atom is 0.279 e. The zero-order valence-corrected chi connectivity index (χ0v) is 22.6. The van der Waals surface area contributed by atoms with Gasteiger partial charge in [0.2, 0.25) is 11.8 Å². The predicted octanol–water partition coefficient (Wildman–Crippen LogP) is 3.93. The summed E-state index contributed by atoms with van der Waals surface area (Å²) in [4.78, 5) is 29.2. The molecule has 1 atom stereocenters. The maximum absolute atomic E-state index is 14.4. The van der Waals surface area contributed by atoms with E-state index < -0.39 is 28.0 Å². The zero-order valence-electron chi connectivity index (χ0n) is 21.0. The Morgan fingerprint density at radius 2 is 1.71 bits per heavy atom. The number of hydrogen-bond donors (Lipinski definition) is 2. The Balaban J connectivity index is 1.45. The largest absolute Gasteiger partial charge is 0.351 e. The van der Waals surface area contributed by atoms with Gasteiger partial charge in [-0.25, -0.2) is 4.39 Å². The Kier molecular flexibility index (Phi) is 8.04. The molecule has 2 aromatic carbocycles. The van der Waals surface area contributed by atoms with Crippen LogP contribution in [0.1, 0.15) is 56.6 Å². The molecule has 0 bridgehead atoms. The zero-order chi connectivity index (χ0) is 26.9. The second-order valence-corrected chi connectivity index (χ2v) is 12.5. The highest BCUT2D eigenvalue weighted by atomic mass is 35.5. The fourth-order valence-electron chi connectivity index (χ4n) is 5.33. The normalized spacial score (nSPS) is 22.8. The highest BCUT2D eigenvalue weighted by molar-refractivity contribution is 7.87. The molecule has 0 aromatic heterocycles. The fourth-order valence-corrected chi connectivity index (χ4v) is 6.89. The van der Waals surface area contributed by atoms with Crippen molar-refractivity contribution in [3.63, 3.8) is 0 Å². The minimum atomic E-state index is -3.54. The SMILES string of the molecule is O=C(NC1CCCCC1)C(c1ccccc1Cl)N(C(=O)C1CC(NS(=O)(=O)N2CC2)C1)c1cccc(F)c1. The lowest BCUT2D eigenvalue weighted by molar-refractivity contribution is -0.130. The van der Waals surface area contributed by atoms with Crippen molar-refractivity contribution >= 4 is 39.3 Å². The molecule has 1 heterocycles. The molecule has 1 unspecified atom stereocenters. The summed E-state index contributed by atoms with van der Waals surface area (Å²) in [5.74, 6) is -1.82. The average molecular weight is 563 g/mol. The van der Waals surface area contributed by atoms with Gasteiger partial charge >= 0.3 is 0 Å². The van der Waals surface area contributed by atoms with Crippen LogP contribution in [0.5, 0.6) is 0 Å². The second kappa shape index (κ2) is 11.3. The summed E-state index contributed by atoms with van der Waals surface area (Å²) in [6, 6.07) is 11.0. The third-order valence-corrected chi connectivity index (χ3v) is 9.55. The summed E-state index contributed by atoms with van der Waals surface area (Å²) in [6.45, 7) is 0.987. The van der Waals surface area contributed by atoms with Gasteiger partial charge in [0.1, 0.15) is 11.9 Å². The van der Waals surface area contributed by atoms with Gasteiger partial charge in [-0.3, -0.25) is 14.5 Å². The maximum atomic E-state index is 14.4. The Hall–Kier alpha value is -2.53. The number of nitrogens with zero attached hydrogens (tertiary/aromatic N) is 2. The van der Waals surface area contributed by atoms with Crippen molar-refractivity contribution in [2.45, 2.75) is 63.1 Å². The lowest BCUT2D eigenvalue weighted by atomic mass is 9.79. The molecule has 5 rings (SSSR count). The molecule has 11 heteroatoms. The number of anilines is 1. The first-order valence-corrected chi connectivity index (χ1v) is 15.0. The van der Waals surface area contributed by atoms with Crippen molar-refractivity contribution in [1.82, 2.24) is 14.3 Å². The van der Waals surface area contributed by atoms with E-state index in [0.717, 1.165) is 32.1 Å². The van der Waals surface area contributed by atoms with E-state index in [1.165, 1.54) is 27.4 Å². The Labute approximate surface area is 227 Å². The minimum Gasteiger partial charge on any atom is -0.351 e. The van der Waals surface area contributed by atoms with Crippen molar-refractivity contribution in [3.05, 3.63) is 64.9 Å². The van der Waals surface area contributed by atoms with E-state index in [1.54, 1.807) is 30.3 Å². The highest BCUT2D eigenvalue weighted by Crippen LogP contribution is 2.38. The quantitative estimate of drug-likeness (QED) is 0.452. The van der Waals surface area contributed by atoms with Gasteiger partial charge in [0.05, 0.1) is 0 Å². The smallest absolute Gasteiger partial charge is 0.279 e. The molecule has 3 fully saturated rings. The van der Waals surface area contributed by atoms with Crippen molar-refractivity contribution in [3.8, 4) is 0 Å². The van der Waals surface area contributed by atoms with Gasteiger partial charge in [0, 0.05) is 47.4 Å². The standard InChI is InChI=1S/C27H32ClFN4O4S/c28-24-12-5-4-11-23(24)25(26(34)30-20-8-2-1-3-9-20)33(22-10-6-7-19(29)17-22)27(35)18-15-21(16-18)31-38(36,37)32-13-14-32/h4-7,10-12,17-18,20-21,25,31H,1-3,8-9,13-16H2,(H,30,34). The summed E-state index contributed by atoms with van der Waals surface area (Å²) in [5.41, 5.74) is 0.685. The summed E-state index contributed by atoms with van der Waals surface area (Å²) >= 11 is 6.56. The Morgan fingerprint density at radius 1 is 1.00 bits per heavy atom. The van der Waals surface area contributed by atoms with Crippen LogP contribution in [0, 0.1) is 11.7 Å². The number of hydrogen-bond acceptors (Lipinski definition) is 4. The lowest BCUT2D eigenvalue weighted by Gasteiger charge is -2.40. The molecular formula is C27H32ClFN4O4S. The summed E-state index contributed by atoms with van der Waals surface area (Å²) in [6.07, 6.45) is 5.45. The fraction of sp³-hybridized carbons (Fsp3) is 0.481. The first-order valence-electron chi connectivity index (χ1n) is 13.1. The van der Waals surface area contributed by atoms with Gasteiger partial charge < -0.3 is 5.32 Å². The van der Waals surface area contributed by atoms with Crippen LogP contribution in [0.3, 0.4) is 0 Å². The van der Waals surface area contributed by atoms with E-state index in [0.29, 0.717) is 23.7 Å². The number of benzene rings is 2. The molecule has 204 valence electrons. The van der Waals surface area contributed by atoms with Crippen LogP contribution in [0.25, 0.3) is 0 Å². The van der Waals surface area contributed by atoms with Crippen LogP contribution in [0.4, 0.5) is 10.1 Å². The van der Waals surface area contributed by atoms with Crippen molar-refractivity contribution in [1.29, 1.82) is 0 Å². The number of carbonyl (C=O) groups is 2. The third-order valence-electron chi connectivity index (χ3n) is 7.53. The number of halogens is 2. The van der Waals surface area contributed by atoms with Crippen LogP contribution < -0.4 is 14.9 Å². The number of rotatable bonds is 9. The first kappa shape index (κ1) is 27.1. The molecule has 0 spiro atoms. The molecule has 2 saturated carbocycles. The van der Waals surface area contributed by atoms with Crippen molar-refractivity contribution in [2.75, 3.05) is 18.0 Å². The van der Waals surface area contributed by atoms with E-state index >= 15 is 0 Å². The van der Waals surface area contributed by atoms with E-state index in [4.69, 9.17) is 11.6 Å². The number of nitrogens with one attached hydrogen (secondary N) is 2. The molecule has 2 amide bonds. The predicted molar refractivity (Wildman–Crippen MR) is 143 cm³/mol. The molecule has 2 aromatic rings. The number of carbonyl (C=O) groups excluding carboxylic acids is 2. The molecule has 1 saturated heterocycles. The molecule has 1 aliphatic heterocycles. The van der Waals surface area contributed by atoms with E-state index in [-0.39, 0.29) is 42.4 Å². The Bertz CT molecular complexity index is 1290. The van der Waals surface area contributed by atoms with Gasteiger partial charge in [0.25, 0.3) is 10.2 Å². The van der Waals surface area contributed by atoms with E-state index in [9.17, 15) is 22.4 Å². The number of amides is 2. The average Bonchev–Trinajstić information content (AvgIpc) is 3.72. The molecule has 0 radical (unpaired) electrons. The third kappa shape index (κ3) is 6.03. The molecule has 2 N–H and O–H groups in total. The molecule has 8 nitrogen and oxygen atoms in total. The van der Waals surface area contributed by atoms with E-state index in [2.05, 4.69) is 10.0 Å². The minimum absolute atomic E-state index is 0.00869. The molecule has 2 aliphatic carbocycles. The van der Waals surface area contributed by atoms with Gasteiger partial charge in [-0.2, -0.15) is 17.4 Å². The van der Waals surface area contributed by atoms with Crippen LogP contribution in [-0.2, 0) is 19.8 Å². The molecule has 3 aliphatic rings. The van der Waals surface area contributed by atoms with Crippen LogP contribution in [0.15, 0.2) is 48.5 Å². The molecule has 38 heavy (non-hydrogen) atoms. The van der Waals surface area contributed by atoms with Crippen LogP contribution in [0.2, 0.25) is 5.02 Å². The van der Waals surface area contributed by atoms with Crippen LogP contribution in [-0.4, -0.2) is 49.7 Å². The summed E-state index contributed by atoms with van der Waals surface area (Å²) < 4.78 is 42.9. The van der Waals surface area contributed by atoms with Gasteiger partial charge in [0.15, 0.2) is 0 Å². The van der Waals surface area contributed by atoms with Gasteiger partial charge in [-0.1, -0.05) is 55.1 Å². The Morgan fingerprint density at radius 3 is 2.37 bits per heavy atom. The second-order valence-electron chi connectivity index (χ2n) is 10.3. The monoisotopic (exact) mass is 562 g/mol. The van der Waals surface area contributed by atoms with Crippen LogP contribution >= 0.6 is 11.6 Å². The first-order chi connectivity index (χ1) is 18.2. The van der Waals surface area contributed by atoms with Crippen molar-refractivity contribution < 1.29 is 22.4 Å². The van der Waals surface area contributed by atoms with Crippen molar-refractivity contribution in [2.24, 2.45) is 5.92 Å². The van der Waals surface area contributed by atoms with Gasteiger partial charge in [-0.05, 0) is 49.9 Å².